The Morgan fingerprint density at radius 1 is 1.14 bits per heavy atom. The highest BCUT2D eigenvalue weighted by molar-refractivity contribution is 6.00. The Balaban J connectivity index is 2.80. The zero-order valence-electron chi connectivity index (χ0n) is 17.1. The van der Waals surface area contributed by atoms with Crippen LogP contribution in [0.2, 0.25) is 0 Å². The number of hydrogen-bond donors (Lipinski definition) is 1. The summed E-state index contributed by atoms with van der Waals surface area (Å²) in [6, 6.07) is 6.04. The molecule has 0 spiro atoms. The van der Waals surface area contributed by atoms with E-state index in [1.165, 1.54) is 32.4 Å². The minimum atomic E-state index is -0.991. The average Bonchev–Trinajstić information content (AvgIpc) is 2.70. The summed E-state index contributed by atoms with van der Waals surface area (Å²) in [6.45, 7) is 2.30. The van der Waals surface area contributed by atoms with Crippen LogP contribution in [0.1, 0.15) is 24.8 Å². The summed E-state index contributed by atoms with van der Waals surface area (Å²) in [6.07, 6.45) is 0.459. The first-order chi connectivity index (χ1) is 13.7. The van der Waals surface area contributed by atoms with Crippen LogP contribution in [0.4, 0.5) is 5.69 Å². The molecule has 9 nitrogen and oxygen atoms in total. The van der Waals surface area contributed by atoms with Crippen molar-refractivity contribution in [1.29, 1.82) is 0 Å². The summed E-state index contributed by atoms with van der Waals surface area (Å²) in [5.74, 6) is -2.33. The first-order valence-corrected chi connectivity index (χ1v) is 8.98. The number of nitrogens with zero attached hydrogens (tertiary/aromatic N) is 2. The molecule has 1 aliphatic heterocycles. The maximum atomic E-state index is 12.8. The normalized spacial score (nSPS) is 16.6. The molecule has 0 fully saturated rings. The summed E-state index contributed by atoms with van der Waals surface area (Å²) in [4.78, 5) is 38.4. The number of allylic oxidation sites excluding steroid dienone is 1. The summed E-state index contributed by atoms with van der Waals surface area (Å²) in [7, 11) is 6.24. The fraction of sp³-hybridized carbons (Fsp3) is 0.400. The number of carbonyl (C=O) groups is 2. The smallest absolute Gasteiger partial charge is 0.336 e. The van der Waals surface area contributed by atoms with Crippen molar-refractivity contribution in [2.75, 3.05) is 34.9 Å². The first-order valence-electron chi connectivity index (χ1n) is 8.98. The van der Waals surface area contributed by atoms with Gasteiger partial charge in [0.1, 0.15) is 0 Å². The van der Waals surface area contributed by atoms with Crippen LogP contribution in [0.25, 0.3) is 0 Å². The standard InChI is InChI=1S/C20H25N3O6/c1-12-16(19(24)28-4)17(13-8-6-7-9-15(13)23(26)27)18(20(25)29-5)14(21-12)10-11-22(2)3/h6-9,17,21H,10-11H2,1-5H3. The van der Waals surface area contributed by atoms with Gasteiger partial charge in [0.15, 0.2) is 0 Å². The van der Waals surface area contributed by atoms with Gasteiger partial charge in [-0.1, -0.05) is 18.2 Å². The van der Waals surface area contributed by atoms with Gasteiger partial charge in [-0.2, -0.15) is 0 Å². The van der Waals surface area contributed by atoms with E-state index in [2.05, 4.69) is 5.32 Å². The molecule has 1 aliphatic rings. The number of hydrogen-bond acceptors (Lipinski definition) is 8. The Morgan fingerprint density at radius 2 is 1.72 bits per heavy atom. The van der Waals surface area contributed by atoms with Gasteiger partial charge in [-0.25, -0.2) is 9.59 Å². The number of dihydropyridines is 1. The van der Waals surface area contributed by atoms with Crippen molar-refractivity contribution in [3.05, 3.63) is 62.5 Å². The van der Waals surface area contributed by atoms with E-state index in [-0.39, 0.29) is 22.4 Å². The van der Waals surface area contributed by atoms with E-state index in [1.54, 1.807) is 13.0 Å². The summed E-state index contributed by atoms with van der Waals surface area (Å²) < 4.78 is 9.90. The highest BCUT2D eigenvalue weighted by Gasteiger charge is 2.41. The third-order valence-corrected chi connectivity index (χ3v) is 4.71. The lowest BCUT2D eigenvalue weighted by Crippen LogP contribution is -2.34. The minimum absolute atomic E-state index is 0.135. The number of nitro groups is 1. The van der Waals surface area contributed by atoms with Crippen molar-refractivity contribution in [2.45, 2.75) is 19.3 Å². The van der Waals surface area contributed by atoms with E-state index in [1.807, 2.05) is 19.0 Å². The van der Waals surface area contributed by atoms with Gasteiger partial charge in [0.2, 0.25) is 0 Å². The molecule has 0 aromatic heterocycles. The Hall–Kier alpha value is -3.20. The summed E-state index contributed by atoms with van der Waals surface area (Å²) in [5.41, 5.74) is 1.36. The quantitative estimate of drug-likeness (QED) is 0.419. The molecule has 156 valence electrons. The second-order valence-electron chi connectivity index (χ2n) is 6.84. The number of benzene rings is 1. The highest BCUT2D eigenvalue weighted by Crippen LogP contribution is 2.43. The molecule has 1 heterocycles. The molecule has 1 N–H and O–H groups in total. The molecule has 2 rings (SSSR count). The molecule has 0 bridgehead atoms. The van der Waals surface area contributed by atoms with Crippen LogP contribution in [0.15, 0.2) is 46.8 Å². The van der Waals surface area contributed by atoms with Crippen molar-refractivity contribution in [3.8, 4) is 0 Å². The lowest BCUT2D eigenvalue weighted by Gasteiger charge is -2.31. The number of rotatable bonds is 7. The largest absolute Gasteiger partial charge is 0.466 e. The predicted octanol–water partition coefficient (Wildman–Crippen LogP) is 2.11. The third-order valence-electron chi connectivity index (χ3n) is 4.71. The Morgan fingerprint density at radius 3 is 2.28 bits per heavy atom. The fourth-order valence-corrected chi connectivity index (χ4v) is 3.37. The van der Waals surface area contributed by atoms with Gasteiger partial charge in [-0.15, -0.1) is 0 Å². The molecule has 0 saturated heterocycles. The lowest BCUT2D eigenvalue weighted by atomic mass is 9.79. The molecule has 0 amide bonds. The molecule has 1 aromatic carbocycles. The molecule has 0 radical (unpaired) electrons. The fourth-order valence-electron chi connectivity index (χ4n) is 3.37. The van der Waals surface area contributed by atoms with Crippen molar-refractivity contribution in [2.24, 2.45) is 0 Å². The first kappa shape index (κ1) is 22.1. The van der Waals surface area contributed by atoms with Gasteiger partial charge in [0, 0.05) is 36.0 Å². The second-order valence-corrected chi connectivity index (χ2v) is 6.84. The molecule has 9 heteroatoms. The molecule has 1 unspecified atom stereocenters. The van der Waals surface area contributed by atoms with Crippen LogP contribution in [0.3, 0.4) is 0 Å². The van der Waals surface area contributed by atoms with Crippen molar-refractivity contribution < 1.29 is 24.0 Å². The van der Waals surface area contributed by atoms with Crippen LogP contribution in [-0.4, -0.2) is 56.6 Å². The third kappa shape index (κ3) is 4.62. The minimum Gasteiger partial charge on any atom is -0.466 e. The van der Waals surface area contributed by atoms with Gasteiger partial charge in [-0.05, 0) is 21.0 Å². The molecular weight excluding hydrogens is 378 g/mol. The Labute approximate surface area is 169 Å². The number of nitrogens with one attached hydrogen (secondary N) is 1. The van der Waals surface area contributed by atoms with E-state index < -0.39 is 22.8 Å². The number of ether oxygens (including phenoxy) is 2. The van der Waals surface area contributed by atoms with Crippen LogP contribution >= 0.6 is 0 Å². The highest BCUT2D eigenvalue weighted by atomic mass is 16.6. The topological polar surface area (TPSA) is 111 Å². The molecule has 1 aromatic rings. The van der Waals surface area contributed by atoms with Crippen molar-refractivity contribution >= 4 is 17.6 Å². The van der Waals surface area contributed by atoms with E-state index in [0.717, 1.165) is 0 Å². The van der Waals surface area contributed by atoms with Gasteiger partial charge in [0.25, 0.3) is 5.69 Å². The Kier molecular flexibility index (Phi) is 7.11. The predicted molar refractivity (Wildman–Crippen MR) is 106 cm³/mol. The molecular formula is C20H25N3O6. The molecule has 1 atom stereocenters. The number of para-hydroxylation sites is 1. The average molecular weight is 403 g/mol. The zero-order chi connectivity index (χ0) is 21.7. The van der Waals surface area contributed by atoms with Gasteiger partial charge < -0.3 is 19.7 Å². The van der Waals surface area contributed by atoms with Gasteiger partial charge in [-0.3, -0.25) is 10.1 Å². The van der Waals surface area contributed by atoms with Crippen LogP contribution in [0, 0.1) is 10.1 Å². The molecule has 29 heavy (non-hydrogen) atoms. The number of methoxy groups -OCH3 is 2. The van der Waals surface area contributed by atoms with E-state index in [4.69, 9.17) is 9.47 Å². The van der Waals surface area contributed by atoms with Gasteiger partial charge in [0.05, 0.1) is 36.2 Å². The van der Waals surface area contributed by atoms with E-state index >= 15 is 0 Å². The van der Waals surface area contributed by atoms with Gasteiger partial charge >= 0.3 is 11.9 Å². The number of carbonyl (C=O) groups excluding carboxylic acids is 2. The lowest BCUT2D eigenvalue weighted by molar-refractivity contribution is -0.385. The maximum Gasteiger partial charge on any atom is 0.336 e. The zero-order valence-corrected chi connectivity index (χ0v) is 17.1. The number of esters is 2. The second kappa shape index (κ2) is 9.33. The summed E-state index contributed by atoms with van der Waals surface area (Å²) >= 11 is 0. The van der Waals surface area contributed by atoms with Crippen molar-refractivity contribution in [3.63, 3.8) is 0 Å². The number of nitro benzene ring substituents is 1. The maximum absolute atomic E-state index is 12.8. The monoisotopic (exact) mass is 403 g/mol. The van der Waals surface area contributed by atoms with E-state index in [9.17, 15) is 19.7 Å². The van der Waals surface area contributed by atoms with E-state index in [0.29, 0.717) is 24.4 Å². The molecule has 0 saturated carbocycles. The van der Waals surface area contributed by atoms with Crippen LogP contribution in [-0.2, 0) is 19.1 Å². The van der Waals surface area contributed by atoms with Crippen LogP contribution < -0.4 is 5.32 Å². The SMILES string of the molecule is COC(=O)C1=C(C)NC(CCN(C)C)=C(C(=O)OC)C1c1ccccc1[N+](=O)[O-]. The molecule has 0 aliphatic carbocycles. The van der Waals surface area contributed by atoms with Crippen LogP contribution in [0.5, 0.6) is 0 Å². The summed E-state index contributed by atoms with van der Waals surface area (Å²) in [5, 5.41) is 14.8. The Bertz CT molecular complexity index is 888. The van der Waals surface area contributed by atoms with Crippen molar-refractivity contribution in [1.82, 2.24) is 10.2 Å².